The topological polar surface area (TPSA) is 59.7 Å². The number of aromatic nitrogens is 5. The Morgan fingerprint density at radius 3 is 2.66 bits per heavy atom. The van der Waals surface area contributed by atoms with Gasteiger partial charge in [0.05, 0.1) is 17.6 Å². The molecule has 0 radical (unpaired) electrons. The minimum absolute atomic E-state index is 0.566. The van der Waals surface area contributed by atoms with Crippen LogP contribution in [-0.4, -0.2) is 31.3 Å². The number of anilines is 1. The minimum atomic E-state index is 0.566. The van der Waals surface area contributed by atoms with Gasteiger partial charge in [-0.1, -0.05) is 18.2 Å². The van der Waals surface area contributed by atoms with Crippen LogP contribution < -0.4 is 4.90 Å². The van der Waals surface area contributed by atoms with Crippen LogP contribution in [-0.2, 0) is 0 Å². The molecule has 6 rings (SSSR count). The molecule has 0 N–H and O–H groups in total. The highest BCUT2D eigenvalue weighted by molar-refractivity contribution is 5.75. The number of allylic oxidation sites excluding steroid dienone is 2. The zero-order valence-electron chi connectivity index (χ0n) is 16.1. The van der Waals surface area contributed by atoms with Gasteiger partial charge in [0.1, 0.15) is 6.33 Å². The van der Waals surface area contributed by atoms with Crippen LogP contribution in [0.4, 0.5) is 5.69 Å². The van der Waals surface area contributed by atoms with Gasteiger partial charge >= 0.3 is 0 Å². The summed E-state index contributed by atoms with van der Waals surface area (Å²) < 4.78 is 2.20. The first-order valence-electron chi connectivity index (χ1n) is 10.3. The lowest BCUT2D eigenvalue weighted by Gasteiger charge is -2.23. The fourth-order valence-corrected chi connectivity index (χ4v) is 3.85. The maximum atomic E-state index is 4.62. The summed E-state index contributed by atoms with van der Waals surface area (Å²) in [5.74, 6) is 1.60. The van der Waals surface area contributed by atoms with Gasteiger partial charge in [0.15, 0.2) is 5.82 Å². The van der Waals surface area contributed by atoms with Crippen molar-refractivity contribution in [3.05, 3.63) is 72.7 Å². The lowest BCUT2D eigenvalue weighted by atomic mass is 10.1. The van der Waals surface area contributed by atoms with Crippen LogP contribution in [0.15, 0.2) is 61.3 Å². The Morgan fingerprint density at radius 2 is 1.93 bits per heavy atom. The van der Waals surface area contributed by atoms with Gasteiger partial charge in [-0.3, -0.25) is 9.97 Å². The van der Waals surface area contributed by atoms with Crippen LogP contribution in [0.3, 0.4) is 0 Å². The van der Waals surface area contributed by atoms with Crippen molar-refractivity contribution in [2.24, 2.45) is 0 Å². The van der Waals surface area contributed by atoms with E-state index in [1.807, 2.05) is 18.7 Å². The molecule has 2 aromatic heterocycles. The molecular formula is C23H22N6. The zero-order valence-corrected chi connectivity index (χ0v) is 16.1. The van der Waals surface area contributed by atoms with E-state index in [4.69, 9.17) is 0 Å². The first-order valence-corrected chi connectivity index (χ1v) is 10.3. The van der Waals surface area contributed by atoms with Crippen molar-refractivity contribution in [1.29, 1.82) is 0 Å². The van der Waals surface area contributed by atoms with Crippen molar-refractivity contribution >= 4 is 11.3 Å². The Balaban J connectivity index is 1.21. The average Bonchev–Trinajstić information content (AvgIpc) is 3.73. The quantitative estimate of drug-likeness (QED) is 0.656. The normalized spacial score (nSPS) is 18.8. The van der Waals surface area contributed by atoms with E-state index in [0.29, 0.717) is 12.0 Å². The summed E-state index contributed by atoms with van der Waals surface area (Å²) in [6.07, 6.45) is 17.1. The van der Waals surface area contributed by atoms with Crippen molar-refractivity contribution in [2.45, 2.75) is 37.6 Å². The number of hydrogen-bond acceptors (Lipinski definition) is 5. The SMILES string of the molecule is C1=CN(c2cccc(-c3nncn3C3CC3)c2)CC=C1c1cnc(C2CC2)cn1. The predicted octanol–water partition coefficient (Wildman–Crippen LogP) is 4.36. The molecule has 6 heteroatoms. The third-order valence-electron chi connectivity index (χ3n) is 5.85. The molecule has 3 heterocycles. The summed E-state index contributed by atoms with van der Waals surface area (Å²) in [6, 6.07) is 9.09. The molecule has 29 heavy (non-hydrogen) atoms. The molecule has 1 aliphatic heterocycles. The summed E-state index contributed by atoms with van der Waals surface area (Å²) >= 11 is 0. The molecule has 2 fully saturated rings. The second-order valence-electron chi connectivity index (χ2n) is 8.07. The van der Waals surface area contributed by atoms with E-state index in [2.05, 4.69) is 72.2 Å². The van der Waals surface area contributed by atoms with E-state index >= 15 is 0 Å². The second kappa shape index (κ2) is 6.65. The van der Waals surface area contributed by atoms with Crippen LogP contribution >= 0.6 is 0 Å². The van der Waals surface area contributed by atoms with Crippen LogP contribution in [0.5, 0.6) is 0 Å². The molecule has 0 spiro atoms. The van der Waals surface area contributed by atoms with Gasteiger partial charge in [-0.25, -0.2) is 0 Å². The Kier molecular flexibility index (Phi) is 3.82. The van der Waals surface area contributed by atoms with Crippen LogP contribution in [0, 0.1) is 0 Å². The van der Waals surface area contributed by atoms with E-state index in [9.17, 15) is 0 Å². The molecule has 0 amide bonds. The van der Waals surface area contributed by atoms with Crippen LogP contribution in [0.25, 0.3) is 17.0 Å². The van der Waals surface area contributed by atoms with Crippen molar-refractivity contribution in [2.75, 3.05) is 11.4 Å². The smallest absolute Gasteiger partial charge is 0.164 e. The lowest BCUT2D eigenvalue weighted by Crippen LogP contribution is -2.18. The standard InChI is InChI=1S/C23H22N6/c1-2-18(23-27-26-15-29(23)19-6-7-19)12-20(3-1)28-10-8-17(9-11-28)22-14-24-21(13-25-22)16-4-5-16/h1-3,8-10,12-16,19H,4-7,11H2. The van der Waals surface area contributed by atoms with Crippen molar-refractivity contribution in [3.63, 3.8) is 0 Å². The maximum absolute atomic E-state index is 4.62. The highest BCUT2D eigenvalue weighted by atomic mass is 15.3. The maximum Gasteiger partial charge on any atom is 0.164 e. The molecule has 3 aliphatic rings. The first-order chi connectivity index (χ1) is 14.3. The molecule has 2 saturated carbocycles. The lowest BCUT2D eigenvalue weighted by molar-refractivity contribution is 0.746. The predicted molar refractivity (Wildman–Crippen MR) is 112 cm³/mol. The number of nitrogens with zero attached hydrogens (tertiary/aromatic N) is 6. The molecule has 0 atom stereocenters. The summed E-state index contributed by atoms with van der Waals surface area (Å²) in [7, 11) is 0. The van der Waals surface area contributed by atoms with E-state index < -0.39 is 0 Å². The van der Waals surface area contributed by atoms with E-state index in [0.717, 1.165) is 40.6 Å². The fourth-order valence-electron chi connectivity index (χ4n) is 3.85. The van der Waals surface area contributed by atoms with Gasteiger partial charge in [-0.15, -0.1) is 10.2 Å². The summed E-state index contributed by atoms with van der Waals surface area (Å²) in [5.41, 5.74) is 5.45. The van der Waals surface area contributed by atoms with Crippen molar-refractivity contribution < 1.29 is 0 Å². The van der Waals surface area contributed by atoms with E-state index in [1.165, 1.54) is 25.7 Å². The van der Waals surface area contributed by atoms with Crippen molar-refractivity contribution in [1.82, 2.24) is 24.7 Å². The van der Waals surface area contributed by atoms with Gasteiger partial charge < -0.3 is 9.47 Å². The van der Waals surface area contributed by atoms with Crippen LogP contribution in [0.1, 0.15) is 49.0 Å². The molecule has 0 saturated heterocycles. The molecule has 0 bridgehead atoms. The number of hydrogen-bond donors (Lipinski definition) is 0. The molecular weight excluding hydrogens is 360 g/mol. The van der Waals surface area contributed by atoms with Crippen LogP contribution in [0.2, 0.25) is 0 Å². The monoisotopic (exact) mass is 382 g/mol. The summed E-state index contributed by atoms with van der Waals surface area (Å²) in [6.45, 7) is 0.802. The van der Waals surface area contributed by atoms with Gasteiger partial charge in [0.25, 0.3) is 0 Å². The Labute approximate surface area is 169 Å². The number of rotatable bonds is 5. The molecule has 144 valence electrons. The molecule has 2 aliphatic carbocycles. The zero-order chi connectivity index (χ0) is 19.2. The van der Waals surface area contributed by atoms with Gasteiger partial charge in [-0.2, -0.15) is 0 Å². The Bertz CT molecular complexity index is 1100. The first kappa shape index (κ1) is 16.7. The Hall–Kier alpha value is -3.28. The molecule has 1 aromatic carbocycles. The van der Waals surface area contributed by atoms with E-state index in [-0.39, 0.29) is 0 Å². The number of benzene rings is 1. The molecule has 0 unspecified atom stereocenters. The second-order valence-corrected chi connectivity index (χ2v) is 8.07. The van der Waals surface area contributed by atoms with Gasteiger partial charge in [0, 0.05) is 47.7 Å². The summed E-state index contributed by atoms with van der Waals surface area (Å²) in [4.78, 5) is 11.5. The summed E-state index contributed by atoms with van der Waals surface area (Å²) in [5, 5.41) is 8.49. The highest BCUT2D eigenvalue weighted by Crippen LogP contribution is 2.39. The van der Waals surface area contributed by atoms with Crippen molar-refractivity contribution in [3.8, 4) is 11.4 Å². The van der Waals surface area contributed by atoms with Gasteiger partial charge in [-0.05, 0) is 43.9 Å². The third kappa shape index (κ3) is 3.24. The third-order valence-corrected chi connectivity index (χ3v) is 5.85. The Morgan fingerprint density at radius 1 is 1.00 bits per heavy atom. The highest BCUT2D eigenvalue weighted by Gasteiger charge is 2.27. The largest absolute Gasteiger partial charge is 0.344 e. The molecule has 3 aromatic rings. The van der Waals surface area contributed by atoms with Gasteiger partial charge in [0.2, 0.25) is 0 Å². The fraction of sp³-hybridized carbons (Fsp3) is 0.304. The minimum Gasteiger partial charge on any atom is -0.344 e. The van der Waals surface area contributed by atoms with E-state index in [1.54, 1.807) is 0 Å². The average molecular weight is 382 g/mol. The molecule has 6 nitrogen and oxygen atoms in total.